The minimum absolute atomic E-state index is 0.0315. The van der Waals surface area contributed by atoms with Crippen LogP contribution in [0.1, 0.15) is 40.8 Å². The average Bonchev–Trinajstić information content (AvgIpc) is 2.97. The number of aryl methyl sites for hydroxylation is 1. The highest BCUT2D eigenvalue weighted by atomic mass is 32.1. The molecule has 0 aliphatic carbocycles. The third-order valence-electron chi connectivity index (χ3n) is 3.27. The van der Waals surface area contributed by atoms with Gasteiger partial charge in [0.25, 0.3) is 5.91 Å². The minimum atomic E-state index is -0.0656. The van der Waals surface area contributed by atoms with E-state index in [1.165, 1.54) is 4.88 Å². The molecule has 0 bridgehead atoms. The maximum Gasteiger partial charge on any atom is 0.251 e. The van der Waals surface area contributed by atoms with Gasteiger partial charge in [0.1, 0.15) is 5.82 Å². The van der Waals surface area contributed by atoms with Crippen LogP contribution in [-0.4, -0.2) is 17.9 Å². The molecule has 0 radical (unpaired) electrons. The Hall–Kier alpha value is -1.88. The molecule has 2 heterocycles. The van der Waals surface area contributed by atoms with Gasteiger partial charge >= 0.3 is 0 Å². The van der Waals surface area contributed by atoms with Gasteiger partial charge < -0.3 is 10.6 Å². The molecular formula is C16H21N3OS. The summed E-state index contributed by atoms with van der Waals surface area (Å²) in [6.07, 6.45) is 0. The molecule has 0 saturated carbocycles. The van der Waals surface area contributed by atoms with Gasteiger partial charge in [-0.3, -0.25) is 4.79 Å². The summed E-state index contributed by atoms with van der Waals surface area (Å²) in [5, 5.41) is 8.14. The van der Waals surface area contributed by atoms with Crippen LogP contribution in [0.3, 0.4) is 0 Å². The third kappa shape index (κ3) is 3.82. The molecule has 1 atom stereocenters. The fraction of sp³-hybridized carbons (Fsp3) is 0.375. The monoisotopic (exact) mass is 303 g/mol. The molecule has 2 rings (SSSR count). The molecule has 0 spiro atoms. The summed E-state index contributed by atoms with van der Waals surface area (Å²) in [7, 11) is 1.80. The molecular weight excluding hydrogens is 282 g/mol. The fourth-order valence-corrected chi connectivity index (χ4v) is 3.14. The lowest BCUT2D eigenvalue weighted by Gasteiger charge is -2.21. The normalized spacial score (nSPS) is 12.2. The number of hydrogen-bond acceptors (Lipinski definition) is 4. The first-order valence-corrected chi connectivity index (χ1v) is 7.90. The number of aromatic nitrogens is 1. The summed E-state index contributed by atoms with van der Waals surface area (Å²) in [5.74, 6) is 0.973. The van der Waals surface area contributed by atoms with Gasteiger partial charge in [0.2, 0.25) is 0 Å². The highest BCUT2D eigenvalue weighted by Gasteiger charge is 2.20. The van der Waals surface area contributed by atoms with E-state index >= 15 is 0 Å². The van der Waals surface area contributed by atoms with Crippen LogP contribution >= 0.6 is 11.3 Å². The van der Waals surface area contributed by atoms with Crippen molar-refractivity contribution in [1.29, 1.82) is 0 Å². The first-order chi connectivity index (χ1) is 10.0. The zero-order valence-electron chi connectivity index (χ0n) is 12.8. The van der Waals surface area contributed by atoms with Crippen molar-refractivity contribution >= 4 is 23.1 Å². The van der Waals surface area contributed by atoms with Gasteiger partial charge in [0, 0.05) is 23.2 Å². The lowest BCUT2D eigenvalue weighted by molar-refractivity contribution is 0.0926. The molecule has 0 fully saturated rings. The molecule has 1 unspecified atom stereocenters. The second kappa shape index (κ2) is 6.72. The quantitative estimate of drug-likeness (QED) is 0.887. The van der Waals surface area contributed by atoms with Gasteiger partial charge in [0.05, 0.1) is 6.04 Å². The molecule has 0 aromatic carbocycles. The van der Waals surface area contributed by atoms with Crippen LogP contribution < -0.4 is 10.6 Å². The molecule has 0 aliphatic heterocycles. The molecule has 1 amide bonds. The Morgan fingerprint density at radius 2 is 2.10 bits per heavy atom. The van der Waals surface area contributed by atoms with Gasteiger partial charge in [-0.15, -0.1) is 11.3 Å². The van der Waals surface area contributed by atoms with Gasteiger partial charge in [0.15, 0.2) is 0 Å². The Morgan fingerprint density at radius 1 is 1.33 bits per heavy atom. The molecule has 2 aromatic rings. The van der Waals surface area contributed by atoms with Gasteiger partial charge in [-0.2, -0.15) is 0 Å². The molecule has 4 nitrogen and oxygen atoms in total. The molecule has 5 heteroatoms. The molecule has 112 valence electrons. The van der Waals surface area contributed by atoms with Crippen molar-refractivity contribution in [2.45, 2.75) is 26.8 Å². The predicted molar refractivity (Wildman–Crippen MR) is 87.9 cm³/mol. The predicted octanol–water partition coefficient (Wildman–Crippen LogP) is 3.62. The van der Waals surface area contributed by atoms with Gasteiger partial charge in [-0.05, 0) is 36.4 Å². The number of carbonyl (C=O) groups excluding carboxylic acids is 1. The van der Waals surface area contributed by atoms with Crippen LogP contribution in [0.25, 0.3) is 0 Å². The number of thiophene rings is 1. The van der Waals surface area contributed by atoms with E-state index in [-0.39, 0.29) is 11.9 Å². The summed E-state index contributed by atoms with van der Waals surface area (Å²) < 4.78 is 0. The summed E-state index contributed by atoms with van der Waals surface area (Å²) in [4.78, 5) is 18.0. The van der Waals surface area contributed by atoms with Crippen LogP contribution in [0.4, 0.5) is 5.82 Å². The standard InChI is InChI=1S/C16H21N3OS/c1-10(2)15(13-6-5-7-21-13)19-16(20)12-8-11(3)18-14(9-12)17-4/h5-10,15H,1-4H3,(H,17,18)(H,19,20). The van der Waals surface area contributed by atoms with Crippen LogP contribution in [0.15, 0.2) is 29.6 Å². The SMILES string of the molecule is CNc1cc(C(=O)NC(c2cccs2)C(C)C)cc(C)n1. The van der Waals surface area contributed by atoms with E-state index in [1.54, 1.807) is 24.5 Å². The van der Waals surface area contributed by atoms with Gasteiger partial charge in [-0.1, -0.05) is 19.9 Å². The van der Waals surface area contributed by atoms with Crippen molar-refractivity contribution in [3.05, 3.63) is 45.8 Å². The van der Waals surface area contributed by atoms with Crippen LogP contribution in [-0.2, 0) is 0 Å². The highest BCUT2D eigenvalue weighted by molar-refractivity contribution is 7.10. The van der Waals surface area contributed by atoms with Crippen LogP contribution in [0.2, 0.25) is 0 Å². The number of nitrogens with zero attached hydrogens (tertiary/aromatic N) is 1. The maximum absolute atomic E-state index is 12.5. The summed E-state index contributed by atoms with van der Waals surface area (Å²) in [6.45, 7) is 6.11. The van der Waals surface area contributed by atoms with Crippen molar-refractivity contribution in [1.82, 2.24) is 10.3 Å². The van der Waals surface area contributed by atoms with Crippen molar-refractivity contribution in [2.24, 2.45) is 5.92 Å². The lowest BCUT2D eigenvalue weighted by atomic mass is 10.0. The van der Waals surface area contributed by atoms with E-state index in [2.05, 4.69) is 35.5 Å². The second-order valence-electron chi connectivity index (χ2n) is 5.34. The molecule has 2 N–H and O–H groups in total. The Bertz CT molecular complexity index is 608. The van der Waals surface area contributed by atoms with E-state index < -0.39 is 0 Å². The van der Waals surface area contributed by atoms with Crippen molar-refractivity contribution in [3.63, 3.8) is 0 Å². The number of carbonyl (C=O) groups is 1. The van der Waals surface area contributed by atoms with E-state index in [1.807, 2.05) is 24.4 Å². The first-order valence-electron chi connectivity index (χ1n) is 7.02. The fourth-order valence-electron chi connectivity index (χ4n) is 2.19. The van der Waals surface area contributed by atoms with Gasteiger partial charge in [-0.25, -0.2) is 4.98 Å². The molecule has 0 aliphatic rings. The summed E-state index contributed by atoms with van der Waals surface area (Å²) in [6, 6.07) is 7.68. The zero-order valence-corrected chi connectivity index (χ0v) is 13.6. The summed E-state index contributed by atoms with van der Waals surface area (Å²) in [5.41, 5.74) is 1.46. The number of rotatable bonds is 5. The minimum Gasteiger partial charge on any atom is -0.373 e. The Balaban J connectivity index is 2.21. The maximum atomic E-state index is 12.5. The van der Waals surface area contributed by atoms with E-state index in [9.17, 15) is 4.79 Å². The molecule has 0 saturated heterocycles. The number of anilines is 1. The van der Waals surface area contributed by atoms with Crippen molar-refractivity contribution in [2.75, 3.05) is 12.4 Å². The third-order valence-corrected chi connectivity index (χ3v) is 4.23. The molecule has 21 heavy (non-hydrogen) atoms. The zero-order chi connectivity index (χ0) is 15.4. The van der Waals surface area contributed by atoms with E-state index in [4.69, 9.17) is 0 Å². The smallest absolute Gasteiger partial charge is 0.251 e. The average molecular weight is 303 g/mol. The lowest BCUT2D eigenvalue weighted by Crippen LogP contribution is -2.31. The Labute approximate surface area is 129 Å². The highest BCUT2D eigenvalue weighted by Crippen LogP contribution is 2.26. The number of amides is 1. The van der Waals surface area contributed by atoms with Crippen LogP contribution in [0.5, 0.6) is 0 Å². The largest absolute Gasteiger partial charge is 0.373 e. The molecule has 2 aromatic heterocycles. The van der Waals surface area contributed by atoms with Crippen molar-refractivity contribution in [3.8, 4) is 0 Å². The van der Waals surface area contributed by atoms with E-state index in [0.29, 0.717) is 17.3 Å². The summed E-state index contributed by atoms with van der Waals surface area (Å²) >= 11 is 1.67. The number of nitrogens with one attached hydrogen (secondary N) is 2. The van der Waals surface area contributed by atoms with Crippen LogP contribution in [0, 0.1) is 12.8 Å². The topological polar surface area (TPSA) is 54.0 Å². The van der Waals surface area contributed by atoms with Crippen molar-refractivity contribution < 1.29 is 4.79 Å². The Morgan fingerprint density at radius 3 is 2.67 bits per heavy atom. The number of pyridine rings is 1. The number of hydrogen-bond donors (Lipinski definition) is 2. The Kier molecular flexibility index (Phi) is 4.96. The van der Waals surface area contributed by atoms with E-state index in [0.717, 1.165) is 5.69 Å². The second-order valence-corrected chi connectivity index (χ2v) is 6.32. The first kappa shape index (κ1) is 15.5.